The molecule has 7 heteroatoms. The zero-order valence-electron chi connectivity index (χ0n) is 18.6. The first-order valence-electron chi connectivity index (χ1n) is 9.88. The zero-order valence-corrected chi connectivity index (χ0v) is 18.6. The Morgan fingerprint density at radius 1 is 0.900 bits per heavy atom. The van der Waals surface area contributed by atoms with E-state index in [1.807, 2.05) is 6.92 Å². The maximum atomic E-state index is 12.7. The maximum Gasteiger partial charge on any atom is 0.261 e. The molecule has 0 fully saturated rings. The fourth-order valence-corrected chi connectivity index (χ4v) is 4.63. The van der Waals surface area contributed by atoms with Gasteiger partial charge in [0.1, 0.15) is 0 Å². The Kier molecular flexibility index (Phi) is 6.04. The Labute approximate surface area is 177 Å². The average Bonchev–Trinajstić information content (AvgIpc) is 2.83. The lowest BCUT2D eigenvalue weighted by molar-refractivity contribution is -0.118. The lowest BCUT2D eigenvalue weighted by Gasteiger charge is -2.35. The number of allylic oxidation sites excluding steroid dienone is 2. The van der Waals surface area contributed by atoms with E-state index in [0.29, 0.717) is 34.8 Å². The van der Waals surface area contributed by atoms with Crippen molar-refractivity contribution in [3.05, 3.63) is 40.9 Å². The minimum absolute atomic E-state index is 0.0534. The van der Waals surface area contributed by atoms with E-state index in [-0.39, 0.29) is 29.1 Å². The Balaban J connectivity index is 2.48. The molecule has 1 aromatic rings. The summed E-state index contributed by atoms with van der Waals surface area (Å²) < 4.78 is 27.8. The first-order chi connectivity index (χ1) is 14.3. The number of methoxy groups -OCH3 is 5. The van der Waals surface area contributed by atoms with Gasteiger partial charge in [-0.25, -0.2) is 0 Å². The summed E-state index contributed by atoms with van der Waals surface area (Å²) >= 11 is 0. The molecule has 0 heterocycles. The Morgan fingerprint density at radius 3 is 1.93 bits per heavy atom. The van der Waals surface area contributed by atoms with Gasteiger partial charge in [-0.2, -0.15) is 0 Å². The largest absolute Gasteiger partial charge is 0.493 e. The van der Waals surface area contributed by atoms with E-state index >= 15 is 0 Å². The van der Waals surface area contributed by atoms with Crippen LogP contribution >= 0.6 is 0 Å². The van der Waals surface area contributed by atoms with Crippen molar-refractivity contribution in [1.82, 2.24) is 0 Å². The number of hydrogen-bond acceptors (Lipinski definition) is 7. The summed E-state index contributed by atoms with van der Waals surface area (Å²) in [5.41, 5.74) is 0.563. The smallest absolute Gasteiger partial charge is 0.261 e. The summed E-state index contributed by atoms with van der Waals surface area (Å²) in [5, 5.41) is 11.3. The van der Waals surface area contributed by atoms with Gasteiger partial charge in [-0.15, -0.1) is 0 Å². The monoisotopic (exact) mass is 418 g/mol. The van der Waals surface area contributed by atoms with Crippen LogP contribution in [0.4, 0.5) is 0 Å². The molecule has 0 aliphatic heterocycles. The van der Waals surface area contributed by atoms with Gasteiger partial charge >= 0.3 is 0 Å². The van der Waals surface area contributed by atoms with Crippen molar-refractivity contribution in [2.45, 2.75) is 31.8 Å². The lowest BCUT2D eigenvalue weighted by Crippen LogP contribution is -2.32. The molecule has 2 aliphatic rings. The van der Waals surface area contributed by atoms with Crippen molar-refractivity contribution in [2.75, 3.05) is 35.5 Å². The fraction of sp³-hybridized carbons (Fsp3) is 0.522. The molecular weight excluding hydrogens is 388 g/mol. The summed E-state index contributed by atoms with van der Waals surface area (Å²) in [6.07, 6.45) is 3.44. The third kappa shape index (κ3) is 3.21. The van der Waals surface area contributed by atoms with Crippen LogP contribution in [0.15, 0.2) is 29.7 Å². The molecule has 0 saturated carbocycles. The molecule has 0 amide bonds. The number of aliphatic hydroxyl groups excluding tert-OH is 1. The third-order valence-corrected chi connectivity index (χ3v) is 6.36. The molecule has 7 nitrogen and oxygen atoms in total. The number of benzene rings is 1. The van der Waals surface area contributed by atoms with Crippen LogP contribution in [0.1, 0.15) is 37.5 Å². The zero-order chi connectivity index (χ0) is 22.2. The predicted octanol–water partition coefficient (Wildman–Crippen LogP) is 3.30. The van der Waals surface area contributed by atoms with Gasteiger partial charge in [0.05, 0.1) is 41.7 Å². The molecule has 2 aliphatic carbocycles. The van der Waals surface area contributed by atoms with Crippen molar-refractivity contribution >= 4 is 5.78 Å². The van der Waals surface area contributed by atoms with Gasteiger partial charge in [0, 0.05) is 11.0 Å². The van der Waals surface area contributed by atoms with Gasteiger partial charge in [-0.05, 0) is 42.0 Å². The number of fused-ring (bicyclic) bond motifs is 2. The van der Waals surface area contributed by atoms with Gasteiger partial charge < -0.3 is 28.8 Å². The van der Waals surface area contributed by atoms with Gasteiger partial charge in [0.25, 0.3) is 5.78 Å². The van der Waals surface area contributed by atoms with Crippen LogP contribution in [0.5, 0.6) is 17.2 Å². The first kappa shape index (κ1) is 22.0. The number of carbonyl (C=O) groups excluding carboxylic acids is 1. The molecule has 0 bridgehead atoms. The van der Waals surface area contributed by atoms with Crippen LogP contribution in [0.3, 0.4) is 0 Å². The highest BCUT2D eigenvalue weighted by atomic mass is 16.5. The fourth-order valence-electron chi connectivity index (χ4n) is 4.63. The molecule has 0 saturated heterocycles. The molecular formula is C23H30O7. The van der Waals surface area contributed by atoms with Crippen molar-refractivity contribution in [3.63, 3.8) is 0 Å². The van der Waals surface area contributed by atoms with Crippen molar-refractivity contribution in [1.29, 1.82) is 0 Å². The molecule has 1 aromatic carbocycles. The maximum absolute atomic E-state index is 12.7. The van der Waals surface area contributed by atoms with E-state index in [1.54, 1.807) is 32.4 Å². The van der Waals surface area contributed by atoms with Gasteiger partial charge in [0.15, 0.2) is 23.0 Å². The number of rotatable bonds is 5. The second kappa shape index (κ2) is 8.22. The van der Waals surface area contributed by atoms with Crippen molar-refractivity contribution < 1.29 is 33.6 Å². The first-order valence-corrected chi connectivity index (χ1v) is 9.88. The standard InChI is InChI=1S/C23H30O7/c1-12-9-23(10-16(27-4)20(25)17(11-23)28-5)18-14(19(24)13(12)2)8-15(26-3)21(29-6)22(18)30-7/h8,10-13,19,24H,9H2,1-7H3. The summed E-state index contributed by atoms with van der Waals surface area (Å²) in [4.78, 5) is 12.7. The SMILES string of the molecule is COC1=CC2(C=C(OC)C1=O)CC(C)C(C)C(O)c1cc(OC)c(OC)c(OC)c12. The number of aliphatic hydroxyl groups is 1. The number of ketones is 1. The number of carbonyl (C=O) groups is 1. The Bertz CT molecular complexity index is 875. The average molecular weight is 418 g/mol. The van der Waals surface area contributed by atoms with E-state index in [4.69, 9.17) is 23.7 Å². The second-order valence-electron chi connectivity index (χ2n) is 7.89. The van der Waals surface area contributed by atoms with E-state index < -0.39 is 11.5 Å². The Morgan fingerprint density at radius 2 is 1.47 bits per heavy atom. The summed E-state index contributed by atoms with van der Waals surface area (Å²) in [6, 6.07) is 1.79. The van der Waals surface area contributed by atoms with Crippen LogP contribution in [0.2, 0.25) is 0 Å². The third-order valence-electron chi connectivity index (χ3n) is 6.36. The quantitative estimate of drug-likeness (QED) is 0.785. The minimum atomic E-state index is -0.810. The summed E-state index contributed by atoms with van der Waals surface area (Å²) in [5.74, 6) is 1.43. The molecule has 3 rings (SSSR count). The summed E-state index contributed by atoms with van der Waals surface area (Å²) in [7, 11) is 7.54. The summed E-state index contributed by atoms with van der Waals surface area (Å²) in [6.45, 7) is 4.09. The second-order valence-corrected chi connectivity index (χ2v) is 7.89. The molecule has 0 aromatic heterocycles. The number of ether oxygens (including phenoxy) is 5. The van der Waals surface area contributed by atoms with E-state index in [2.05, 4.69) is 6.92 Å². The van der Waals surface area contributed by atoms with Crippen molar-refractivity contribution in [2.24, 2.45) is 11.8 Å². The van der Waals surface area contributed by atoms with Gasteiger partial charge in [-0.1, -0.05) is 13.8 Å². The van der Waals surface area contributed by atoms with E-state index in [1.165, 1.54) is 21.3 Å². The molecule has 1 N–H and O–H groups in total. The highest BCUT2D eigenvalue weighted by molar-refractivity contribution is 6.07. The lowest BCUT2D eigenvalue weighted by atomic mass is 9.70. The van der Waals surface area contributed by atoms with Gasteiger partial charge in [0.2, 0.25) is 5.75 Å². The van der Waals surface area contributed by atoms with Crippen LogP contribution in [0, 0.1) is 11.8 Å². The highest BCUT2D eigenvalue weighted by Gasteiger charge is 2.47. The topological polar surface area (TPSA) is 83.5 Å². The molecule has 30 heavy (non-hydrogen) atoms. The molecule has 164 valence electrons. The molecule has 3 unspecified atom stereocenters. The highest BCUT2D eigenvalue weighted by Crippen LogP contribution is 2.56. The number of hydrogen-bond donors (Lipinski definition) is 1. The molecule has 1 spiro atoms. The minimum Gasteiger partial charge on any atom is -0.493 e. The Hall–Kier alpha value is -2.67. The van der Waals surface area contributed by atoms with Crippen LogP contribution in [0.25, 0.3) is 0 Å². The molecule has 3 atom stereocenters. The van der Waals surface area contributed by atoms with Crippen molar-refractivity contribution in [3.8, 4) is 17.2 Å². The number of Topliss-reactive ketones (excluding diaryl/α,β-unsaturated/α-hetero) is 1. The van der Waals surface area contributed by atoms with Gasteiger partial charge in [-0.3, -0.25) is 4.79 Å². The van der Waals surface area contributed by atoms with Crippen LogP contribution in [-0.2, 0) is 19.7 Å². The predicted molar refractivity (Wildman–Crippen MR) is 111 cm³/mol. The van der Waals surface area contributed by atoms with E-state index in [0.717, 1.165) is 0 Å². The van der Waals surface area contributed by atoms with Crippen LogP contribution < -0.4 is 14.2 Å². The van der Waals surface area contributed by atoms with E-state index in [9.17, 15) is 9.90 Å². The normalized spacial score (nSPS) is 24.9. The van der Waals surface area contributed by atoms with Crippen LogP contribution in [-0.4, -0.2) is 46.4 Å². The molecule has 0 radical (unpaired) electrons.